The van der Waals surface area contributed by atoms with E-state index in [0.717, 1.165) is 12.0 Å². The van der Waals surface area contributed by atoms with Gasteiger partial charge in [-0.25, -0.2) is 4.39 Å². The Hall–Kier alpha value is -0.710. The number of aliphatic hydroxyl groups excluding tert-OH is 1. The molecule has 0 amide bonds. The number of rotatable bonds is 2. The zero-order valence-electron chi connectivity index (χ0n) is 19.0. The summed E-state index contributed by atoms with van der Waals surface area (Å²) in [4.78, 5) is 12.7. The zero-order valence-corrected chi connectivity index (χ0v) is 19.8. The molecule has 5 heteroatoms. The molecule has 4 aliphatic carbocycles. The van der Waals surface area contributed by atoms with Crippen molar-refractivity contribution in [1.29, 1.82) is 0 Å². The summed E-state index contributed by atoms with van der Waals surface area (Å²) in [6.07, 6.45) is 8.69. The largest absolute Gasteiger partial charge is 0.390 e. The first-order chi connectivity index (χ1) is 14.0. The van der Waals surface area contributed by atoms with E-state index in [1.165, 1.54) is 6.42 Å². The Morgan fingerprint density at radius 1 is 1.30 bits per heavy atom. The number of alkyl halides is 2. The summed E-state index contributed by atoms with van der Waals surface area (Å²) in [6, 6.07) is 0. The van der Waals surface area contributed by atoms with Gasteiger partial charge in [-0.3, -0.25) is 4.79 Å². The molecule has 0 aromatic rings. The third-order valence-electron chi connectivity index (χ3n) is 8.92. The summed E-state index contributed by atoms with van der Waals surface area (Å²) in [5.74, 6) is -1.49. The molecule has 3 saturated carbocycles. The lowest BCUT2D eigenvalue weighted by Gasteiger charge is -2.63. The van der Waals surface area contributed by atoms with E-state index in [4.69, 9.17) is 11.6 Å². The fourth-order valence-corrected chi connectivity index (χ4v) is 7.63. The molecule has 0 unspecified atom stereocenters. The van der Waals surface area contributed by atoms with Crippen molar-refractivity contribution in [1.82, 2.24) is 0 Å². The van der Waals surface area contributed by atoms with Gasteiger partial charge in [0.1, 0.15) is 11.3 Å². The summed E-state index contributed by atoms with van der Waals surface area (Å²) < 4.78 is 16.9. The van der Waals surface area contributed by atoms with Gasteiger partial charge in [0, 0.05) is 16.7 Å². The van der Waals surface area contributed by atoms with Crippen molar-refractivity contribution in [2.24, 2.45) is 28.6 Å². The van der Waals surface area contributed by atoms with Gasteiger partial charge in [-0.15, -0.1) is 11.6 Å². The number of allylic oxidation sites excluding steroid dienone is 4. The third kappa shape index (κ3) is 2.85. The lowest BCUT2D eigenvalue weighted by atomic mass is 9.44. The average Bonchev–Trinajstić information content (AvgIpc) is 2.90. The van der Waals surface area contributed by atoms with Gasteiger partial charge in [-0.1, -0.05) is 64.8 Å². The molecule has 4 aliphatic rings. The van der Waals surface area contributed by atoms with Gasteiger partial charge in [-0.05, 0) is 43.9 Å². The molecular weight excluding hydrogens is 403 g/mol. The molecule has 2 N–H and O–H groups in total. The predicted octanol–water partition coefficient (Wildman–Crippen LogP) is 5.38. The van der Waals surface area contributed by atoms with Crippen molar-refractivity contribution in [2.45, 2.75) is 90.5 Å². The Bertz CT molecular complexity index is 751. The lowest BCUT2D eigenvalue weighted by Crippen LogP contribution is -2.69. The second-order valence-corrected chi connectivity index (χ2v) is 10.7. The molecule has 0 saturated heterocycles. The van der Waals surface area contributed by atoms with Crippen LogP contribution in [0.2, 0.25) is 0 Å². The maximum absolute atomic E-state index is 16.9. The first-order valence-electron chi connectivity index (χ1n) is 11.5. The molecule has 170 valence electrons. The molecule has 0 radical (unpaired) electrons. The van der Waals surface area contributed by atoms with Gasteiger partial charge in [-0.2, -0.15) is 0 Å². The second-order valence-electron chi connectivity index (χ2n) is 10.5. The van der Waals surface area contributed by atoms with E-state index >= 15 is 4.39 Å². The number of carbonyl (C=O) groups is 1. The number of hydrogen-bond donors (Lipinski definition) is 2. The first kappa shape index (κ1) is 23.9. The van der Waals surface area contributed by atoms with Crippen LogP contribution in [0.5, 0.6) is 0 Å². The molecular formula is C25H38ClFO3. The average molecular weight is 441 g/mol. The Labute approximate surface area is 185 Å². The van der Waals surface area contributed by atoms with Crippen molar-refractivity contribution in [3.63, 3.8) is 0 Å². The smallest absolute Gasteiger partial charge is 0.179 e. The molecule has 30 heavy (non-hydrogen) atoms. The molecule has 0 bridgehead atoms. The summed E-state index contributed by atoms with van der Waals surface area (Å²) in [7, 11) is 0. The van der Waals surface area contributed by atoms with E-state index in [-0.39, 0.29) is 30.1 Å². The van der Waals surface area contributed by atoms with E-state index in [2.05, 4.69) is 13.8 Å². The van der Waals surface area contributed by atoms with Crippen LogP contribution in [-0.2, 0) is 4.79 Å². The van der Waals surface area contributed by atoms with Crippen LogP contribution in [0.4, 0.5) is 4.39 Å². The highest BCUT2D eigenvalue weighted by Gasteiger charge is 2.75. The summed E-state index contributed by atoms with van der Waals surface area (Å²) in [6.45, 7) is 9.91. The maximum atomic E-state index is 16.9. The van der Waals surface area contributed by atoms with Crippen LogP contribution in [-0.4, -0.2) is 39.3 Å². The van der Waals surface area contributed by atoms with Crippen molar-refractivity contribution in [3.8, 4) is 0 Å². The van der Waals surface area contributed by atoms with Crippen molar-refractivity contribution in [2.75, 3.05) is 5.88 Å². The van der Waals surface area contributed by atoms with Gasteiger partial charge in [0.05, 0.1) is 12.0 Å². The van der Waals surface area contributed by atoms with Gasteiger partial charge in [0.25, 0.3) is 0 Å². The topological polar surface area (TPSA) is 57.5 Å². The van der Waals surface area contributed by atoms with Gasteiger partial charge in [0.2, 0.25) is 0 Å². The second kappa shape index (κ2) is 8.01. The number of Topliss-reactive ketones (excluding diaryl/α,β-unsaturated/α-hetero) is 1. The van der Waals surface area contributed by atoms with Gasteiger partial charge in [0.15, 0.2) is 5.78 Å². The van der Waals surface area contributed by atoms with Gasteiger partial charge >= 0.3 is 0 Å². The predicted molar refractivity (Wildman–Crippen MR) is 119 cm³/mol. The molecule has 0 aromatic carbocycles. The fraction of sp³-hybridized carbons (Fsp3) is 0.800. The van der Waals surface area contributed by atoms with E-state index < -0.39 is 34.0 Å². The van der Waals surface area contributed by atoms with E-state index in [1.54, 1.807) is 0 Å². The number of hydrogen-bond acceptors (Lipinski definition) is 3. The van der Waals surface area contributed by atoms with Crippen LogP contribution in [0.1, 0.15) is 73.1 Å². The Kier molecular flexibility index (Phi) is 6.39. The fourth-order valence-electron chi connectivity index (χ4n) is 7.42. The quantitative estimate of drug-likeness (QED) is 0.567. The van der Waals surface area contributed by atoms with Crippen LogP contribution in [0, 0.1) is 28.6 Å². The van der Waals surface area contributed by atoms with Crippen LogP contribution in [0.3, 0.4) is 0 Å². The highest BCUT2D eigenvalue weighted by atomic mass is 35.5. The molecule has 8 atom stereocenters. The highest BCUT2D eigenvalue weighted by Crippen LogP contribution is 2.71. The van der Waals surface area contributed by atoms with E-state index in [1.807, 2.05) is 39.0 Å². The number of halogens is 2. The maximum Gasteiger partial charge on any atom is 0.179 e. The summed E-state index contributed by atoms with van der Waals surface area (Å²) in [5.41, 5.74) is -3.87. The molecule has 3 nitrogen and oxygen atoms in total. The lowest BCUT2D eigenvalue weighted by molar-refractivity contribution is -0.225. The van der Waals surface area contributed by atoms with Crippen molar-refractivity contribution in [3.05, 3.63) is 23.8 Å². The van der Waals surface area contributed by atoms with E-state index in [0.29, 0.717) is 19.3 Å². The van der Waals surface area contributed by atoms with Crippen LogP contribution >= 0.6 is 11.6 Å². The third-order valence-corrected chi connectivity index (χ3v) is 9.17. The number of fused-ring (bicyclic) bond motifs is 5. The van der Waals surface area contributed by atoms with Crippen molar-refractivity contribution >= 4 is 17.4 Å². The van der Waals surface area contributed by atoms with Crippen LogP contribution in [0.25, 0.3) is 0 Å². The monoisotopic (exact) mass is 440 g/mol. The molecule has 0 aromatic heterocycles. The molecule has 0 heterocycles. The van der Waals surface area contributed by atoms with E-state index in [9.17, 15) is 15.0 Å². The van der Waals surface area contributed by atoms with Crippen molar-refractivity contribution < 1.29 is 19.4 Å². The Balaban J connectivity index is 0.000000806. The van der Waals surface area contributed by atoms with Crippen LogP contribution < -0.4 is 0 Å². The van der Waals surface area contributed by atoms with Gasteiger partial charge < -0.3 is 10.2 Å². The first-order valence-corrected chi connectivity index (χ1v) is 12.1. The minimum atomic E-state index is -1.75. The number of carbonyl (C=O) groups excluding carboxylic acids is 1. The number of aliphatic hydroxyl groups is 2. The normalized spacial score (nSPS) is 49.2. The zero-order chi connectivity index (χ0) is 22.5. The molecule has 4 rings (SSSR count). The molecule has 0 spiro atoms. The minimum Gasteiger partial charge on any atom is -0.390 e. The summed E-state index contributed by atoms with van der Waals surface area (Å²) >= 11 is 5.83. The standard InChI is InChI=1S/C22H30ClFO3.C3H8/c1-13-10-16-15-8-7-14-6-4-5-9-19(14,2)21(15,24)17(25)11-20(16,3)22(13,27)18(26)12-23;1-3-2/h4-6,13,15-17,25,27H,7-12H2,1-3H3;3H2,1-2H3/t13-,15-,16-,17-,19-,20-,21-,22-;/m0./s1. The van der Waals surface area contributed by atoms with Crippen LogP contribution in [0.15, 0.2) is 23.8 Å². The highest BCUT2D eigenvalue weighted by molar-refractivity contribution is 6.29. The molecule has 3 fully saturated rings. The number of ketones is 1. The Morgan fingerprint density at radius 2 is 1.93 bits per heavy atom. The summed E-state index contributed by atoms with van der Waals surface area (Å²) in [5, 5.41) is 22.7. The Morgan fingerprint density at radius 3 is 2.53 bits per heavy atom. The minimum absolute atomic E-state index is 0.0840. The molecule has 0 aliphatic heterocycles. The SMILES string of the molecule is CCC.C[C@H]1C[C@H]2[C@@H]3CCC4=CC=CC[C@]4(C)[C@@]3(F)[C@@H](O)C[C@]2(C)[C@@]1(O)C(=O)CCl.